The molecule has 0 amide bonds. The predicted octanol–water partition coefficient (Wildman–Crippen LogP) is 1.40. The molecular weight excluding hydrogens is 195 g/mol. The lowest BCUT2D eigenvalue weighted by Crippen LogP contribution is -2.53. The minimum atomic E-state index is -4.66. The molecule has 0 aliphatic rings. The highest BCUT2D eigenvalue weighted by molar-refractivity contribution is 5.26. The number of aliphatic hydroxyl groups excluding tert-OH is 1. The van der Waals surface area contributed by atoms with Crippen LogP contribution in [0.4, 0.5) is 13.2 Å². The molecule has 0 aliphatic heterocycles. The second kappa shape index (κ2) is 3.59. The van der Waals surface area contributed by atoms with Crippen molar-refractivity contribution in [2.24, 2.45) is 5.73 Å². The van der Waals surface area contributed by atoms with Crippen LogP contribution in [0.3, 0.4) is 0 Å². The van der Waals surface area contributed by atoms with Crippen LogP contribution in [-0.2, 0) is 5.54 Å². The van der Waals surface area contributed by atoms with Crippen LogP contribution in [-0.4, -0.2) is 17.9 Å². The van der Waals surface area contributed by atoms with Crippen molar-refractivity contribution >= 4 is 0 Å². The fourth-order valence-electron chi connectivity index (χ4n) is 1.08. The van der Waals surface area contributed by atoms with Gasteiger partial charge in [-0.05, 0) is 5.56 Å². The fraction of sp³-hybridized carbons (Fsp3) is 0.333. The molecule has 0 spiro atoms. The number of hydrogen-bond donors (Lipinski definition) is 2. The van der Waals surface area contributed by atoms with Crippen molar-refractivity contribution in [3.05, 3.63) is 35.9 Å². The van der Waals surface area contributed by atoms with Crippen LogP contribution in [0, 0.1) is 0 Å². The minimum Gasteiger partial charge on any atom is -0.394 e. The number of hydrogen-bond acceptors (Lipinski definition) is 2. The van der Waals surface area contributed by atoms with Crippen molar-refractivity contribution in [2.45, 2.75) is 11.7 Å². The summed E-state index contributed by atoms with van der Waals surface area (Å²) in [6, 6.07) is 6.95. The van der Waals surface area contributed by atoms with E-state index < -0.39 is 18.3 Å². The molecule has 14 heavy (non-hydrogen) atoms. The van der Waals surface area contributed by atoms with Gasteiger partial charge in [0.05, 0.1) is 6.61 Å². The van der Waals surface area contributed by atoms with Crippen LogP contribution >= 0.6 is 0 Å². The van der Waals surface area contributed by atoms with Gasteiger partial charge in [0.15, 0.2) is 5.54 Å². The fourth-order valence-corrected chi connectivity index (χ4v) is 1.08. The molecule has 1 rings (SSSR count). The molecule has 5 heteroatoms. The maximum absolute atomic E-state index is 12.5. The highest BCUT2D eigenvalue weighted by Crippen LogP contribution is 2.36. The number of halogens is 3. The summed E-state index contributed by atoms with van der Waals surface area (Å²) in [5.74, 6) is 0. The van der Waals surface area contributed by atoms with Crippen LogP contribution in [0.25, 0.3) is 0 Å². The highest BCUT2D eigenvalue weighted by Gasteiger charge is 2.52. The van der Waals surface area contributed by atoms with Crippen LogP contribution in [0.5, 0.6) is 0 Å². The van der Waals surface area contributed by atoms with Crippen molar-refractivity contribution in [1.82, 2.24) is 0 Å². The third-order valence-corrected chi connectivity index (χ3v) is 2.04. The Morgan fingerprint density at radius 3 is 2.00 bits per heavy atom. The average Bonchev–Trinajstić information content (AvgIpc) is 2.16. The smallest absolute Gasteiger partial charge is 0.394 e. The molecule has 0 fully saturated rings. The zero-order valence-electron chi connectivity index (χ0n) is 7.25. The van der Waals surface area contributed by atoms with Crippen LogP contribution in [0.2, 0.25) is 0 Å². The maximum Gasteiger partial charge on any atom is 0.412 e. The first kappa shape index (κ1) is 11.0. The van der Waals surface area contributed by atoms with Gasteiger partial charge in [0, 0.05) is 0 Å². The molecule has 3 N–H and O–H groups in total. The molecule has 0 bridgehead atoms. The second-order valence-electron chi connectivity index (χ2n) is 2.99. The van der Waals surface area contributed by atoms with Gasteiger partial charge in [-0.15, -0.1) is 0 Å². The summed E-state index contributed by atoms with van der Waals surface area (Å²) in [5.41, 5.74) is 2.30. The third-order valence-electron chi connectivity index (χ3n) is 2.04. The summed E-state index contributed by atoms with van der Waals surface area (Å²) in [6.45, 7) is -1.17. The molecule has 0 aromatic heterocycles. The van der Waals surface area contributed by atoms with Crippen molar-refractivity contribution in [3.63, 3.8) is 0 Å². The highest BCUT2D eigenvalue weighted by atomic mass is 19.4. The van der Waals surface area contributed by atoms with E-state index in [0.29, 0.717) is 0 Å². The van der Waals surface area contributed by atoms with E-state index in [9.17, 15) is 13.2 Å². The molecule has 1 aromatic rings. The molecular formula is C9H10F3NO. The van der Waals surface area contributed by atoms with E-state index in [1.54, 1.807) is 6.07 Å². The van der Waals surface area contributed by atoms with E-state index in [-0.39, 0.29) is 5.56 Å². The van der Waals surface area contributed by atoms with Crippen molar-refractivity contribution < 1.29 is 18.3 Å². The first-order valence-electron chi connectivity index (χ1n) is 3.94. The second-order valence-corrected chi connectivity index (χ2v) is 2.99. The van der Waals surface area contributed by atoms with E-state index in [2.05, 4.69) is 0 Å². The van der Waals surface area contributed by atoms with Crippen molar-refractivity contribution in [1.29, 1.82) is 0 Å². The summed E-state index contributed by atoms with van der Waals surface area (Å²) in [7, 11) is 0. The molecule has 0 aliphatic carbocycles. The van der Waals surface area contributed by atoms with Gasteiger partial charge in [-0.2, -0.15) is 13.2 Å². The Labute approximate surface area is 79.2 Å². The first-order valence-corrected chi connectivity index (χ1v) is 3.94. The lowest BCUT2D eigenvalue weighted by atomic mass is 9.91. The Kier molecular flexibility index (Phi) is 2.82. The molecule has 0 radical (unpaired) electrons. The molecule has 1 atom stereocenters. The number of alkyl halides is 3. The number of aliphatic hydroxyl groups is 1. The Morgan fingerprint density at radius 1 is 1.14 bits per heavy atom. The Balaban J connectivity index is 3.15. The Bertz CT molecular complexity index is 299. The van der Waals surface area contributed by atoms with Gasteiger partial charge in [-0.25, -0.2) is 0 Å². The monoisotopic (exact) mass is 205 g/mol. The number of rotatable bonds is 2. The van der Waals surface area contributed by atoms with Crippen LogP contribution < -0.4 is 5.73 Å². The van der Waals surface area contributed by atoms with Crippen molar-refractivity contribution in [3.8, 4) is 0 Å². The molecule has 1 aromatic carbocycles. The van der Waals surface area contributed by atoms with E-state index in [1.165, 1.54) is 24.3 Å². The van der Waals surface area contributed by atoms with E-state index in [4.69, 9.17) is 10.8 Å². The van der Waals surface area contributed by atoms with E-state index in [1.807, 2.05) is 0 Å². The quantitative estimate of drug-likeness (QED) is 0.766. The summed E-state index contributed by atoms with van der Waals surface area (Å²) >= 11 is 0. The minimum absolute atomic E-state index is 0.144. The first-order chi connectivity index (χ1) is 6.42. The standard InChI is InChI=1S/C9H10F3NO/c10-9(11,12)8(13,6-14)7-4-2-1-3-5-7/h1-5,14H,6,13H2/t8-/m1/s1. The SMILES string of the molecule is N[C@](CO)(c1ccccc1)C(F)(F)F. The van der Waals surface area contributed by atoms with Crippen molar-refractivity contribution in [2.75, 3.05) is 6.61 Å². The third kappa shape index (κ3) is 1.73. The lowest BCUT2D eigenvalue weighted by molar-refractivity contribution is -0.199. The zero-order chi connectivity index (χ0) is 10.8. The van der Waals surface area contributed by atoms with E-state index in [0.717, 1.165) is 0 Å². The number of nitrogens with two attached hydrogens (primary N) is 1. The molecule has 0 saturated heterocycles. The van der Waals surface area contributed by atoms with Gasteiger partial charge in [-0.3, -0.25) is 0 Å². The van der Waals surface area contributed by atoms with E-state index >= 15 is 0 Å². The van der Waals surface area contributed by atoms with Crippen LogP contribution in [0.15, 0.2) is 30.3 Å². The Hall–Kier alpha value is -1.07. The topological polar surface area (TPSA) is 46.2 Å². The van der Waals surface area contributed by atoms with Gasteiger partial charge >= 0.3 is 6.18 Å². The largest absolute Gasteiger partial charge is 0.412 e. The van der Waals surface area contributed by atoms with Gasteiger partial charge in [-0.1, -0.05) is 30.3 Å². The summed E-state index contributed by atoms with van der Waals surface area (Å²) in [4.78, 5) is 0. The molecule has 0 unspecified atom stereocenters. The molecule has 2 nitrogen and oxygen atoms in total. The maximum atomic E-state index is 12.5. The van der Waals surface area contributed by atoms with Gasteiger partial charge in [0.2, 0.25) is 0 Å². The normalized spacial score (nSPS) is 16.4. The van der Waals surface area contributed by atoms with Gasteiger partial charge < -0.3 is 10.8 Å². The summed E-state index contributed by atoms with van der Waals surface area (Å²) in [5, 5.41) is 8.73. The summed E-state index contributed by atoms with van der Waals surface area (Å²) < 4.78 is 37.5. The van der Waals surface area contributed by atoms with Crippen LogP contribution in [0.1, 0.15) is 5.56 Å². The molecule has 0 saturated carbocycles. The number of benzene rings is 1. The van der Waals surface area contributed by atoms with Gasteiger partial charge in [0.1, 0.15) is 0 Å². The predicted molar refractivity (Wildman–Crippen MR) is 45.4 cm³/mol. The lowest BCUT2D eigenvalue weighted by Gasteiger charge is -2.30. The summed E-state index contributed by atoms with van der Waals surface area (Å²) in [6.07, 6.45) is -4.66. The Morgan fingerprint density at radius 2 is 1.64 bits per heavy atom. The zero-order valence-corrected chi connectivity index (χ0v) is 7.25. The van der Waals surface area contributed by atoms with Gasteiger partial charge in [0.25, 0.3) is 0 Å². The molecule has 0 heterocycles. The molecule has 78 valence electrons. The average molecular weight is 205 g/mol.